The zero-order chi connectivity index (χ0) is 20.1. The third-order valence-electron chi connectivity index (χ3n) is 5.40. The van der Waals surface area contributed by atoms with Gasteiger partial charge in [-0.2, -0.15) is 4.98 Å². The molecule has 3 heterocycles. The second kappa shape index (κ2) is 6.55. The molecule has 1 fully saturated rings. The van der Waals surface area contributed by atoms with E-state index in [1.165, 1.54) is 0 Å². The van der Waals surface area contributed by atoms with Crippen LogP contribution in [0, 0.1) is 13.8 Å². The fourth-order valence-electron chi connectivity index (χ4n) is 3.56. The smallest absolute Gasteiger partial charge is 0.267 e. The van der Waals surface area contributed by atoms with E-state index in [1.54, 1.807) is 11.6 Å². The van der Waals surface area contributed by atoms with E-state index in [0.717, 1.165) is 46.3 Å². The number of fused-ring (bicyclic) bond motifs is 1. The molecule has 0 saturated heterocycles. The Kier molecular flexibility index (Phi) is 3.97. The van der Waals surface area contributed by atoms with Crippen LogP contribution < -0.4 is 10.9 Å². The Morgan fingerprint density at radius 1 is 1.14 bits per heavy atom. The lowest BCUT2D eigenvalue weighted by molar-refractivity contribution is 0.380. The second-order valence-corrected chi connectivity index (χ2v) is 7.69. The molecule has 3 aromatic heterocycles. The Labute approximate surface area is 167 Å². The van der Waals surface area contributed by atoms with Gasteiger partial charge in [0.1, 0.15) is 0 Å². The largest absolute Gasteiger partial charge is 0.337 e. The summed E-state index contributed by atoms with van der Waals surface area (Å²) in [4.78, 5) is 21.9. The van der Waals surface area contributed by atoms with Crippen LogP contribution >= 0.6 is 0 Å². The van der Waals surface area contributed by atoms with Gasteiger partial charge in [-0.3, -0.25) is 9.78 Å². The van der Waals surface area contributed by atoms with Gasteiger partial charge >= 0.3 is 0 Å². The Bertz CT molecular complexity index is 1300. The van der Waals surface area contributed by atoms with Gasteiger partial charge in [-0.1, -0.05) is 6.07 Å². The average Bonchev–Trinajstić information content (AvgIpc) is 3.46. The van der Waals surface area contributed by atoms with Gasteiger partial charge in [0.05, 0.1) is 5.52 Å². The van der Waals surface area contributed by atoms with Gasteiger partial charge in [0, 0.05) is 41.5 Å². The predicted molar refractivity (Wildman–Crippen MR) is 111 cm³/mol. The number of nitrogens with one attached hydrogen (secondary N) is 1. The molecule has 0 radical (unpaired) electrons. The minimum Gasteiger partial charge on any atom is -0.337 e. The van der Waals surface area contributed by atoms with Gasteiger partial charge in [-0.25, -0.2) is 0 Å². The molecular weight excluding hydrogens is 366 g/mol. The molecule has 0 bridgehead atoms. The van der Waals surface area contributed by atoms with Crippen LogP contribution in [0.25, 0.3) is 22.0 Å². The normalized spacial score (nSPS) is 13.8. The van der Waals surface area contributed by atoms with E-state index in [1.807, 2.05) is 50.4 Å². The van der Waals surface area contributed by atoms with Crippen LogP contribution in [-0.4, -0.2) is 19.7 Å². The van der Waals surface area contributed by atoms with E-state index in [9.17, 15) is 4.79 Å². The van der Waals surface area contributed by atoms with Crippen molar-refractivity contribution in [2.24, 2.45) is 7.05 Å². The predicted octanol–water partition coefficient (Wildman–Crippen LogP) is 4.22. The summed E-state index contributed by atoms with van der Waals surface area (Å²) in [5.41, 5.74) is 5.03. The number of hydrogen-bond donors (Lipinski definition) is 1. The van der Waals surface area contributed by atoms with Gasteiger partial charge in [-0.15, -0.1) is 0 Å². The molecule has 1 saturated carbocycles. The van der Waals surface area contributed by atoms with Crippen LogP contribution in [0.15, 0.2) is 45.8 Å². The summed E-state index contributed by atoms with van der Waals surface area (Å²) in [6.07, 6.45) is 4.02. The Morgan fingerprint density at radius 2 is 1.97 bits per heavy atom. The summed E-state index contributed by atoms with van der Waals surface area (Å²) >= 11 is 0. The first-order chi connectivity index (χ1) is 14.0. The highest BCUT2D eigenvalue weighted by Gasteiger charge is 2.29. The third kappa shape index (κ3) is 3.18. The molecule has 1 aromatic carbocycles. The highest BCUT2D eigenvalue weighted by Crippen LogP contribution is 2.39. The van der Waals surface area contributed by atoms with Crippen molar-refractivity contribution in [2.75, 3.05) is 5.32 Å². The first-order valence-electron chi connectivity index (χ1n) is 9.67. The number of aryl methyl sites for hydroxylation is 3. The van der Waals surface area contributed by atoms with Crippen LogP contribution in [0.1, 0.15) is 35.9 Å². The van der Waals surface area contributed by atoms with Crippen LogP contribution in [-0.2, 0) is 7.05 Å². The molecule has 5 rings (SSSR count). The summed E-state index contributed by atoms with van der Waals surface area (Å²) in [6.45, 7) is 3.92. The van der Waals surface area contributed by atoms with Gasteiger partial charge in [0.2, 0.25) is 5.89 Å². The lowest BCUT2D eigenvalue weighted by Gasteiger charge is -2.12. The number of pyridine rings is 2. The zero-order valence-electron chi connectivity index (χ0n) is 16.6. The molecule has 4 aromatic rings. The van der Waals surface area contributed by atoms with Crippen molar-refractivity contribution in [2.45, 2.75) is 32.6 Å². The van der Waals surface area contributed by atoms with Gasteiger partial charge < -0.3 is 14.4 Å². The molecule has 0 atom stereocenters. The van der Waals surface area contributed by atoms with Gasteiger partial charge in [0.25, 0.3) is 11.5 Å². The maximum atomic E-state index is 13.1. The quantitative estimate of drug-likeness (QED) is 0.564. The molecule has 0 amide bonds. The summed E-state index contributed by atoms with van der Waals surface area (Å²) in [5, 5.41) is 8.12. The van der Waals surface area contributed by atoms with Crippen molar-refractivity contribution < 1.29 is 4.52 Å². The van der Waals surface area contributed by atoms with E-state index < -0.39 is 0 Å². The maximum Gasteiger partial charge on any atom is 0.267 e. The first-order valence-corrected chi connectivity index (χ1v) is 9.67. The van der Waals surface area contributed by atoms with Crippen molar-refractivity contribution in [3.8, 4) is 11.1 Å². The SMILES string of the molecule is Cc1cc2c(cn1)cc(-c1cc(Nc3noc(C4CC4)n3)ccc1C)c(=O)n2C. The van der Waals surface area contributed by atoms with Crippen molar-refractivity contribution in [3.05, 3.63) is 64.0 Å². The lowest BCUT2D eigenvalue weighted by atomic mass is 9.99. The van der Waals surface area contributed by atoms with E-state index in [4.69, 9.17) is 4.52 Å². The standard InChI is InChI=1S/C22H21N5O2/c1-12-4-7-16(24-22-25-20(29-26-22)14-5-6-14)10-17(12)18-9-15-11-23-13(2)8-19(15)27(3)21(18)28/h4,7-11,14H,5-6H2,1-3H3,(H,24,26). The maximum absolute atomic E-state index is 13.1. The van der Waals surface area contributed by atoms with E-state index in [-0.39, 0.29) is 5.56 Å². The van der Waals surface area contributed by atoms with E-state index in [2.05, 4.69) is 20.4 Å². The zero-order valence-corrected chi connectivity index (χ0v) is 16.6. The Morgan fingerprint density at radius 3 is 2.76 bits per heavy atom. The van der Waals surface area contributed by atoms with Crippen LogP contribution in [0.4, 0.5) is 11.6 Å². The van der Waals surface area contributed by atoms with Crippen molar-refractivity contribution >= 4 is 22.5 Å². The molecule has 0 spiro atoms. The van der Waals surface area contributed by atoms with Gasteiger partial charge in [0.15, 0.2) is 0 Å². The molecule has 0 unspecified atom stereocenters. The van der Waals surface area contributed by atoms with E-state index >= 15 is 0 Å². The highest BCUT2D eigenvalue weighted by molar-refractivity contribution is 5.85. The molecule has 0 aliphatic heterocycles. The number of benzene rings is 1. The highest BCUT2D eigenvalue weighted by atomic mass is 16.5. The minimum atomic E-state index is -0.0427. The number of rotatable bonds is 4. The molecule has 7 heteroatoms. The number of anilines is 2. The molecule has 146 valence electrons. The number of aromatic nitrogens is 4. The van der Waals surface area contributed by atoms with Crippen molar-refractivity contribution in [1.82, 2.24) is 19.7 Å². The van der Waals surface area contributed by atoms with Crippen LogP contribution in [0.2, 0.25) is 0 Å². The minimum absolute atomic E-state index is 0.0427. The third-order valence-corrected chi connectivity index (χ3v) is 5.40. The molecule has 29 heavy (non-hydrogen) atoms. The Hall–Kier alpha value is -3.48. The lowest BCUT2D eigenvalue weighted by Crippen LogP contribution is -2.19. The molecular formula is C22H21N5O2. The van der Waals surface area contributed by atoms with Crippen molar-refractivity contribution in [3.63, 3.8) is 0 Å². The molecule has 7 nitrogen and oxygen atoms in total. The van der Waals surface area contributed by atoms with Crippen LogP contribution in [0.3, 0.4) is 0 Å². The second-order valence-electron chi connectivity index (χ2n) is 7.69. The summed E-state index contributed by atoms with van der Waals surface area (Å²) in [5.74, 6) is 1.53. The summed E-state index contributed by atoms with van der Waals surface area (Å²) in [7, 11) is 1.80. The van der Waals surface area contributed by atoms with Gasteiger partial charge in [-0.05, 0) is 67.2 Å². The fourth-order valence-corrected chi connectivity index (χ4v) is 3.56. The summed E-state index contributed by atoms with van der Waals surface area (Å²) in [6, 6.07) is 9.72. The number of nitrogens with zero attached hydrogens (tertiary/aromatic N) is 4. The summed E-state index contributed by atoms with van der Waals surface area (Å²) < 4.78 is 6.99. The first kappa shape index (κ1) is 17.6. The number of hydrogen-bond acceptors (Lipinski definition) is 6. The molecule has 1 N–H and O–H groups in total. The Balaban J connectivity index is 1.56. The van der Waals surface area contributed by atoms with Crippen LogP contribution in [0.5, 0.6) is 0 Å². The fraction of sp³-hybridized carbons (Fsp3) is 0.273. The topological polar surface area (TPSA) is 85.8 Å². The van der Waals surface area contributed by atoms with Crippen molar-refractivity contribution in [1.29, 1.82) is 0 Å². The monoisotopic (exact) mass is 387 g/mol. The average molecular weight is 387 g/mol. The molecule has 1 aliphatic rings. The van der Waals surface area contributed by atoms with E-state index in [0.29, 0.717) is 23.3 Å². The molecule has 1 aliphatic carbocycles.